The van der Waals surface area contributed by atoms with E-state index in [2.05, 4.69) is 17.1 Å². The first-order chi connectivity index (χ1) is 10.9. The summed E-state index contributed by atoms with van der Waals surface area (Å²) in [7, 11) is 0. The van der Waals surface area contributed by atoms with Gasteiger partial charge in [0.1, 0.15) is 5.60 Å². The van der Waals surface area contributed by atoms with Gasteiger partial charge in [0.05, 0.1) is 0 Å². The minimum Gasteiger partial charge on any atom is -0.383 e. The van der Waals surface area contributed by atoms with Gasteiger partial charge in [-0.2, -0.15) is 8.78 Å². The zero-order valence-corrected chi connectivity index (χ0v) is 13.2. The number of hydrogen-bond donors (Lipinski definition) is 2. The summed E-state index contributed by atoms with van der Waals surface area (Å²) >= 11 is 0. The van der Waals surface area contributed by atoms with Crippen molar-refractivity contribution in [2.75, 3.05) is 11.9 Å². The Morgan fingerprint density at radius 3 is 2.74 bits per heavy atom. The highest BCUT2D eigenvalue weighted by atomic mass is 19.3. The molecule has 2 aliphatic rings. The number of carbonyl (C=O) groups is 1. The highest BCUT2D eigenvalue weighted by Gasteiger charge is 2.61. The topological polar surface area (TPSA) is 52.6 Å². The normalized spacial score (nSPS) is 20.0. The summed E-state index contributed by atoms with van der Waals surface area (Å²) in [6.45, 7) is 4.44. The van der Waals surface area contributed by atoms with Gasteiger partial charge in [0.25, 0.3) is 5.91 Å². The monoisotopic (exact) mass is 324 g/mol. The van der Waals surface area contributed by atoms with Crippen LogP contribution in [0.3, 0.4) is 0 Å². The molecule has 4 nitrogen and oxygen atoms in total. The lowest BCUT2D eigenvalue weighted by Gasteiger charge is -2.41. The van der Waals surface area contributed by atoms with Crippen molar-refractivity contribution in [2.24, 2.45) is 0 Å². The number of carbonyl (C=O) groups excluding carboxylic acids is 1. The van der Waals surface area contributed by atoms with Crippen LogP contribution in [0, 0.1) is 0 Å². The molecule has 3 rings (SSSR count). The van der Waals surface area contributed by atoms with Crippen molar-refractivity contribution in [1.82, 2.24) is 4.90 Å². The van der Waals surface area contributed by atoms with Crippen molar-refractivity contribution in [3.63, 3.8) is 0 Å². The molecule has 6 heteroatoms. The van der Waals surface area contributed by atoms with Gasteiger partial charge in [-0.3, -0.25) is 9.69 Å². The third-order valence-electron chi connectivity index (χ3n) is 4.89. The third-order valence-corrected chi connectivity index (χ3v) is 4.89. The Labute approximate surface area is 134 Å². The maximum atomic E-state index is 14.2. The fourth-order valence-electron chi connectivity index (χ4n) is 3.32. The number of aliphatic hydroxyl groups is 1. The minimum absolute atomic E-state index is 0.0371. The summed E-state index contributed by atoms with van der Waals surface area (Å²) in [5.41, 5.74) is 0.185. The number of nitrogens with one attached hydrogen (secondary N) is 1. The van der Waals surface area contributed by atoms with Crippen LogP contribution in [0.2, 0.25) is 0 Å². The van der Waals surface area contributed by atoms with Crippen LogP contribution in [0.15, 0.2) is 18.2 Å². The molecule has 1 amide bonds. The van der Waals surface area contributed by atoms with E-state index in [0.29, 0.717) is 18.7 Å². The summed E-state index contributed by atoms with van der Waals surface area (Å²) in [5, 5.41) is 12.2. The van der Waals surface area contributed by atoms with E-state index in [4.69, 9.17) is 0 Å². The smallest absolute Gasteiger partial charge is 0.352 e. The summed E-state index contributed by atoms with van der Waals surface area (Å²) in [4.78, 5) is 14.3. The van der Waals surface area contributed by atoms with E-state index in [9.17, 15) is 18.7 Å². The fraction of sp³-hybridized carbons (Fsp3) is 0.588. The zero-order valence-electron chi connectivity index (χ0n) is 13.2. The molecule has 0 bridgehead atoms. The predicted octanol–water partition coefficient (Wildman–Crippen LogP) is 2.90. The number of rotatable bonds is 5. The first-order valence-electron chi connectivity index (χ1n) is 8.12. The Bertz CT molecular complexity index is 615. The molecule has 1 aliphatic heterocycles. The molecule has 1 aromatic rings. The molecule has 0 aromatic heterocycles. The lowest BCUT2D eigenvalue weighted by Crippen LogP contribution is -2.59. The number of amides is 1. The number of anilines is 1. The number of alkyl halides is 2. The van der Waals surface area contributed by atoms with E-state index in [1.807, 2.05) is 6.07 Å². The molecule has 1 saturated carbocycles. The van der Waals surface area contributed by atoms with E-state index < -0.39 is 17.4 Å². The Morgan fingerprint density at radius 2 is 2.13 bits per heavy atom. The van der Waals surface area contributed by atoms with Crippen LogP contribution < -0.4 is 5.32 Å². The highest BCUT2D eigenvalue weighted by molar-refractivity contribution is 5.98. The van der Waals surface area contributed by atoms with Gasteiger partial charge in [-0.1, -0.05) is 19.1 Å². The molecule has 1 heterocycles. The molecule has 0 unspecified atom stereocenters. The van der Waals surface area contributed by atoms with Crippen molar-refractivity contribution < 1.29 is 18.7 Å². The number of fused-ring (bicyclic) bond motifs is 1. The van der Waals surface area contributed by atoms with Gasteiger partial charge in [-0.15, -0.1) is 0 Å². The van der Waals surface area contributed by atoms with Gasteiger partial charge in [-0.25, -0.2) is 0 Å². The van der Waals surface area contributed by atoms with Crippen molar-refractivity contribution in [2.45, 2.75) is 57.2 Å². The fourth-order valence-corrected chi connectivity index (χ4v) is 3.32. The van der Waals surface area contributed by atoms with E-state index in [-0.39, 0.29) is 12.8 Å². The van der Waals surface area contributed by atoms with Crippen molar-refractivity contribution in [3.05, 3.63) is 29.3 Å². The third kappa shape index (κ3) is 2.74. The standard InChI is InChI=1S/C17H22F2N2O2/c1-2-9-21-10-12-5-3-6-14(13(12)11-21)20-15(22)17(18,19)16(23)7-4-8-16/h3,5-6,23H,2,4,7-11H2,1H3,(H,20,22). The number of hydrogen-bond acceptors (Lipinski definition) is 3. The van der Waals surface area contributed by atoms with Gasteiger partial charge in [0, 0.05) is 18.8 Å². The Morgan fingerprint density at radius 1 is 1.39 bits per heavy atom. The summed E-state index contributed by atoms with van der Waals surface area (Å²) in [6, 6.07) is 5.37. The quantitative estimate of drug-likeness (QED) is 0.876. The van der Waals surface area contributed by atoms with Gasteiger partial charge in [0.2, 0.25) is 0 Å². The number of halogens is 2. The van der Waals surface area contributed by atoms with Crippen LogP contribution in [0.1, 0.15) is 43.7 Å². The summed E-state index contributed by atoms with van der Waals surface area (Å²) < 4.78 is 28.4. The van der Waals surface area contributed by atoms with E-state index >= 15 is 0 Å². The molecule has 0 spiro atoms. The van der Waals surface area contributed by atoms with Gasteiger partial charge >= 0.3 is 5.92 Å². The summed E-state index contributed by atoms with van der Waals surface area (Å²) in [6.07, 6.45) is 1.46. The van der Waals surface area contributed by atoms with Crippen LogP contribution in [-0.2, 0) is 17.9 Å². The number of nitrogens with zero attached hydrogens (tertiary/aromatic N) is 1. The van der Waals surface area contributed by atoms with Gasteiger partial charge in [-0.05, 0) is 49.4 Å². The maximum absolute atomic E-state index is 14.2. The lowest BCUT2D eigenvalue weighted by atomic mass is 9.75. The molecule has 2 N–H and O–H groups in total. The SMILES string of the molecule is CCCN1Cc2cccc(NC(=O)C(F)(F)C3(O)CCC3)c2C1. The van der Waals surface area contributed by atoms with Gasteiger partial charge in [0.15, 0.2) is 0 Å². The zero-order chi connectivity index (χ0) is 16.7. The Hall–Kier alpha value is -1.53. The highest BCUT2D eigenvalue weighted by Crippen LogP contribution is 2.45. The molecular weight excluding hydrogens is 302 g/mol. The average molecular weight is 324 g/mol. The second-order valence-electron chi connectivity index (χ2n) is 6.57. The van der Waals surface area contributed by atoms with Crippen LogP contribution in [0.25, 0.3) is 0 Å². The minimum atomic E-state index is -3.77. The second-order valence-corrected chi connectivity index (χ2v) is 6.57. The molecule has 1 fully saturated rings. The van der Waals surface area contributed by atoms with Crippen LogP contribution in [-0.4, -0.2) is 34.0 Å². The van der Waals surface area contributed by atoms with Crippen molar-refractivity contribution in [1.29, 1.82) is 0 Å². The summed E-state index contributed by atoms with van der Waals surface area (Å²) in [5.74, 6) is -5.18. The molecule has 126 valence electrons. The average Bonchev–Trinajstić information content (AvgIpc) is 2.88. The first kappa shape index (κ1) is 16.3. The molecule has 0 atom stereocenters. The molecule has 1 aromatic carbocycles. The number of benzene rings is 1. The predicted molar refractivity (Wildman–Crippen MR) is 83.2 cm³/mol. The molecule has 1 aliphatic carbocycles. The Balaban J connectivity index is 1.77. The van der Waals surface area contributed by atoms with E-state index in [1.54, 1.807) is 12.1 Å². The maximum Gasteiger partial charge on any atom is 0.352 e. The second kappa shape index (κ2) is 5.83. The van der Waals surface area contributed by atoms with Crippen molar-refractivity contribution in [3.8, 4) is 0 Å². The molecule has 0 radical (unpaired) electrons. The molecule has 0 saturated heterocycles. The molecule has 23 heavy (non-hydrogen) atoms. The van der Waals surface area contributed by atoms with Gasteiger partial charge < -0.3 is 10.4 Å². The van der Waals surface area contributed by atoms with E-state index in [1.165, 1.54) is 0 Å². The largest absolute Gasteiger partial charge is 0.383 e. The molecular formula is C17H22F2N2O2. The van der Waals surface area contributed by atoms with Crippen molar-refractivity contribution >= 4 is 11.6 Å². The van der Waals surface area contributed by atoms with Crippen LogP contribution in [0.5, 0.6) is 0 Å². The van der Waals surface area contributed by atoms with Crippen LogP contribution in [0.4, 0.5) is 14.5 Å². The first-order valence-corrected chi connectivity index (χ1v) is 8.12. The van der Waals surface area contributed by atoms with E-state index in [0.717, 1.165) is 30.6 Å². The lowest BCUT2D eigenvalue weighted by molar-refractivity contribution is -0.212. The Kier molecular flexibility index (Phi) is 4.14. The van der Waals surface area contributed by atoms with Crippen LogP contribution >= 0.6 is 0 Å².